The van der Waals surface area contributed by atoms with E-state index in [0.717, 1.165) is 24.0 Å². The lowest BCUT2D eigenvalue weighted by atomic mass is 9.72. The topological polar surface area (TPSA) is 26.3 Å². The minimum atomic E-state index is -0.692. The Kier molecular flexibility index (Phi) is 3.97. The van der Waals surface area contributed by atoms with Crippen LogP contribution in [0.2, 0.25) is 0 Å². The highest BCUT2D eigenvalue weighted by Gasteiger charge is 2.51. The highest BCUT2D eigenvalue weighted by molar-refractivity contribution is 5.90. The zero-order valence-electron chi connectivity index (χ0n) is 13.8. The molecule has 0 N–H and O–H groups in total. The Balaban J connectivity index is 1.77. The van der Waals surface area contributed by atoms with Crippen LogP contribution in [0.25, 0.3) is 0 Å². The Morgan fingerprint density at radius 3 is 1.96 bits per heavy atom. The van der Waals surface area contributed by atoms with E-state index in [1.54, 1.807) is 0 Å². The Hall–Kier alpha value is -2.35. The fourth-order valence-electron chi connectivity index (χ4n) is 4.10. The summed E-state index contributed by atoms with van der Waals surface area (Å²) in [5.74, 6) is -0.125. The van der Waals surface area contributed by atoms with E-state index in [9.17, 15) is 4.79 Å². The van der Waals surface area contributed by atoms with E-state index in [-0.39, 0.29) is 12.1 Å². The van der Waals surface area contributed by atoms with Gasteiger partial charge in [0.05, 0.1) is 0 Å². The van der Waals surface area contributed by atoms with E-state index in [1.165, 1.54) is 18.4 Å². The summed E-state index contributed by atoms with van der Waals surface area (Å²) in [6, 6.07) is 20.1. The van der Waals surface area contributed by atoms with Gasteiger partial charge in [0.15, 0.2) is 0 Å². The summed E-state index contributed by atoms with van der Waals surface area (Å²) in [4.78, 5) is 13.0. The molecule has 2 aliphatic rings. The second-order valence-electron chi connectivity index (χ2n) is 6.82. The van der Waals surface area contributed by atoms with Crippen molar-refractivity contribution >= 4 is 5.97 Å². The van der Waals surface area contributed by atoms with Gasteiger partial charge in [0, 0.05) is 6.42 Å². The molecule has 1 aliphatic carbocycles. The lowest BCUT2D eigenvalue weighted by Crippen LogP contribution is -2.32. The maximum atomic E-state index is 13.0. The molecular weight excluding hydrogens is 296 g/mol. The number of allylic oxidation sites excluding steroid dienone is 1. The summed E-state index contributed by atoms with van der Waals surface area (Å²) >= 11 is 0. The van der Waals surface area contributed by atoms with Crippen molar-refractivity contribution in [1.29, 1.82) is 0 Å². The Bertz CT molecular complexity index is 699. The van der Waals surface area contributed by atoms with Gasteiger partial charge in [-0.15, -0.1) is 0 Å². The standard InChI is InChI=1S/C22H22O2/c23-21-22(18-11-3-1-4-12-18,19-13-5-2-6-14-19)16-20(24-21)15-17-9-7-8-10-17/h1-6,11-15,20H,7-10,16H2/t20-/m1/s1. The number of benzene rings is 2. The second kappa shape index (κ2) is 6.27. The van der Waals surface area contributed by atoms with Gasteiger partial charge in [0.2, 0.25) is 0 Å². The molecule has 2 fully saturated rings. The maximum Gasteiger partial charge on any atom is 0.321 e. The third-order valence-corrected chi connectivity index (χ3v) is 5.31. The van der Waals surface area contributed by atoms with Crippen molar-refractivity contribution in [2.75, 3.05) is 0 Å². The predicted octanol–water partition coefficient (Wildman–Crippen LogP) is 4.79. The van der Waals surface area contributed by atoms with Crippen molar-refractivity contribution in [2.24, 2.45) is 0 Å². The van der Waals surface area contributed by atoms with Crippen LogP contribution in [0.4, 0.5) is 0 Å². The van der Waals surface area contributed by atoms with E-state index in [2.05, 4.69) is 6.08 Å². The smallest absolute Gasteiger partial charge is 0.321 e. The first kappa shape index (κ1) is 15.2. The number of esters is 1. The van der Waals surface area contributed by atoms with Crippen molar-refractivity contribution in [3.8, 4) is 0 Å². The van der Waals surface area contributed by atoms with Crippen LogP contribution in [0.1, 0.15) is 43.2 Å². The molecule has 0 bridgehead atoms. The van der Waals surface area contributed by atoms with Gasteiger partial charge in [-0.25, -0.2) is 0 Å². The largest absolute Gasteiger partial charge is 0.457 e. The van der Waals surface area contributed by atoms with Gasteiger partial charge in [0.1, 0.15) is 11.5 Å². The molecule has 2 heteroatoms. The molecule has 0 radical (unpaired) electrons. The van der Waals surface area contributed by atoms with Crippen LogP contribution in [-0.4, -0.2) is 12.1 Å². The molecule has 1 heterocycles. The molecule has 2 aromatic rings. The number of hydrogen-bond acceptors (Lipinski definition) is 2. The van der Waals surface area contributed by atoms with Crippen molar-refractivity contribution in [3.05, 3.63) is 83.4 Å². The third kappa shape index (κ3) is 2.56. The lowest BCUT2D eigenvalue weighted by Gasteiger charge is -2.26. The van der Waals surface area contributed by atoms with Crippen LogP contribution < -0.4 is 0 Å². The van der Waals surface area contributed by atoms with Crippen LogP contribution in [-0.2, 0) is 14.9 Å². The van der Waals surface area contributed by atoms with E-state index >= 15 is 0 Å². The number of carbonyl (C=O) groups excluding carboxylic acids is 1. The fourth-order valence-corrected chi connectivity index (χ4v) is 4.10. The predicted molar refractivity (Wildman–Crippen MR) is 94.7 cm³/mol. The zero-order valence-corrected chi connectivity index (χ0v) is 13.8. The van der Waals surface area contributed by atoms with Crippen molar-refractivity contribution < 1.29 is 9.53 Å². The summed E-state index contributed by atoms with van der Waals surface area (Å²) in [5, 5.41) is 0. The molecule has 4 rings (SSSR count). The summed E-state index contributed by atoms with van der Waals surface area (Å²) in [6.07, 6.45) is 7.59. The van der Waals surface area contributed by atoms with Crippen LogP contribution in [0, 0.1) is 0 Å². The molecule has 2 aromatic carbocycles. The SMILES string of the molecule is O=C1O[C@H](C=C2CCCC2)CC1(c1ccccc1)c1ccccc1. The number of cyclic esters (lactones) is 1. The first-order valence-corrected chi connectivity index (χ1v) is 8.81. The molecule has 2 nitrogen and oxygen atoms in total. The second-order valence-corrected chi connectivity index (χ2v) is 6.82. The molecule has 0 aromatic heterocycles. The molecular formula is C22H22O2. The minimum absolute atomic E-state index is 0.119. The number of rotatable bonds is 3. The van der Waals surface area contributed by atoms with Crippen molar-refractivity contribution in [3.63, 3.8) is 0 Å². The van der Waals surface area contributed by atoms with Gasteiger partial charge in [-0.05, 0) is 42.9 Å². The van der Waals surface area contributed by atoms with Crippen molar-refractivity contribution in [2.45, 2.75) is 43.6 Å². The first-order chi connectivity index (χ1) is 11.8. The van der Waals surface area contributed by atoms with E-state index in [1.807, 2.05) is 60.7 Å². The van der Waals surface area contributed by atoms with Crippen LogP contribution in [0.5, 0.6) is 0 Å². The molecule has 1 aliphatic heterocycles. The van der Waals surface area contributed by atoms with Crippen molar-refractivity contribution in [1.82, 2.24) is 0 Å². The highest BCUT2D eigenvalue weighted by Crippen LogP contribution is 2.44. The van der Waals surface area contributed by atoms with Gasteiger partial charge >= 0.3 is 5.97 Å². The molecule has 122 valence electrons. The molecule has 1 saturated heterocycles. The normalized spacial score (nSPS) is 22.4. The number of carbonyl (C=O) groups is 1. The van der Waals surface area contributed by atoms with E-state index < -0.39 is 5.41 Å². The van der Waals surface area contributed by atoms with Gasteiger partial charge in [-0.1, -0.05) is 66.2 Å². The van der Waals surface area contributed by atoms with Crippen LogP contribution in [0.3, 0.4) is 0 Å². The highest BCUT2D eigenvalue weighted by atomic mass is 16.6. The molecule has 1 atom stereocenters. The van der Waals surface area contributed by atoms with Gasteiger partial charge in [-0.3, -0.25) is 4.79 Å². The summed E-state index contributed by atoms with van der Waals surface area (Å²) in [7, 11) is 0. The Morgan fingerprint density at radius 1 is 0.875 bits per heavy atom. The third-order valence-electron chi connectivity index (χ3n) is 5.31. The fraction of sp³-hybridized carbons (Fsp3) is 0.318. The van der Waals surface area contributed by atoms with Gasteiger partial charge < -0.3 is 4.74 Å². The Labute approximate surface area is 143 Å². The Morgan fingerprint density at radius 2 is 1.42 bits per heavy atom. The summed E-state index contributed by atoms with van der Waals surface area (Å²) in [5.41, 5.74) is 2.80. The average molecular weight is 318 g/mol. The molecule has 0 spiro atoms. The lowest BCUT2D eigenvalue weighted by molar-refractivity contribution is -0.143. The number of hydrogen-bond donors (Lipinski definition) is 0. The summed E-state index contributed by atoms with van der Waals surface area (Å²) < 4.78 is 5.83. The van der Waals surface area contributed by atoms with Gasteiger partial charge in [-0.2, -0.15) is 0 Å². The molecule has 0 amide bonds. The van der Waals surface area contributed by atoms with Gasteiger partial charge in [0.25, 0.3) is 0 Å². The van der Waals surface area contributed by atoms with Crippen LogP contribution >= 0.6 is 0 Å². The average Bonchev–Trinajstić information content (AvgIpc) is 3.25. The van der Waals surface area contributed by atoms with E-state index in [0.29, 0.717) is 6.42 Å². The quantitative estimate of drug-likeness (QED) is 0.601. The monoisotopic (exact) mass is 318 g/mol. The zero-order chi connectivity index (χ0) is 16.4. The molecule has 1 saturated carbocycles. The number of ether oxygens (including phenoxy) is 1. The van der Waals surface area contributed by atoms with E-state index in [4.69, 9.17) is 4.74 Å². The molecule has 24 heavy (non-hydrogen) atoms. The van der Waals surface area contributed by atoms with Crippen LogP contribution in [0.15, 0.2) is 72.3 Å². The first-order valence-electron chi connectivity index (χ1n) is 8.81. The minimum Gasteiger partial charge on any atom is -0.457 e. The maximum absolute atomic E-state index is 13.0. The summed E-state index contributed by atoms with van der Waals surface area (Å²) in [6.45, 7) is 0. The molecule has 0 unspecified atom stereocenters.